The fourth-order valence-electron chi connectivity index (χ4n) is 1.84. The quantitative estimate of drug-likeness (QED) is 0.863. The average molecular weight is 261 g/mol. The number of hydrogen-bond donors (Lipinski definition) is 1. The summed E-state index contributed by atoms with van der Waals surface area (Å²) >= 11 is 0. The van der Waals surface area contributed by atoms with Gasteiger partial charge in [-0.25, -0.2) is 4.79 Å². The maximum atomic E-state index is 11.6. The van der Waals surface area contributed by atoms with Gasteiger partial charge in [-0.1, -0.05) is 0 Å². The molecule has 102 valence electrons. The number of hydrogen-bond acceptors (Lipinski definition) is 4. The van der Waals surface area contributed by atoms with Crippen LogP contribution >= 0.6 is 0 Å². The third-order valence-corrected chi connectivity index (χ3v) is 2.85. The first-order valence-corrected chi connectivity index (χ1v) is 6.25. The molecule has 0 aliphatic rings. The maximum absolute atomic E-state index is 11.6. The molecule has 0 spiro atoms. The number of methoxy groups -OCH3 is 1. The third kappa shape index (κ3) is 3.35. The fourth-order valence-corrected chi connectivity index (χ4v) is 1.84. The van der Waals surface area contributed by atoms with E-state index < -0.39 is 0 Å². The van der Waals surface area contributed by atoms with E-state index in [4.69, 9.17) is 9.15 Å². The van der Waals surface area contributed by atoms with Crippen LogP contribution in [0.2, 0.25) is 0 Å². The van der Waals surface area contributed by atoms with Crippen LogP contribution in [0.4, 0.5) is 0 Å². The predicted molar refractivity (Wildman–Crippen MR) is 75.6 cm³/mol. The Morgan fingerprint density at radius 3 is 2.63 bits per heavy atom. The van der Waals surface area contributed by atoms with Crippen LogP contribution in [0.5, 0.6) is 5.75 Å². The summed E-state index contributed by atoms with van der Waals surface area (Å²) in [6.07, 6.45) is 0. The van der Waals surface area contributed by atoms with Crippen molar-refractivity contribution in [3.63, 3.8) is 0 Å². The molecule has 0 amide bonds. The van der Waals surface area contributed by atoms with Gasteiger partial charge in [0.25, 0.3) is 0 Å². The van der Waals surface area contributed by atoms with Crippen molar-refractivity contribution in [2.75, 3.05) is 7.11 Å². The van der Waals surface area contributed by atoms with Gasteiger partial charge in [-0.2, -0.15) is 0 Å². The van der Waals surface area contributed by atoms with Crippen molar-refractivity contribution in [2.45, 2.75) is 32.9 Å². The Balaban J connectivity index is 2.45. The first kappa shape index (κ1) is 13.6. The van der Waals surface area contributed by atoms with E-state index in [0.29, 0.717) is 17.9 Å². The molecule has 0 saturated carbocycles. The fraction of sp³-hybridized carbons (Fsp3) is 0.400. The summed E-state index contributed by atoms with van der Waals surface area (Å²) in [6, 6.07) is 7.05. The van der Waals surface area contributed by atoms with E-state index in [1.165, 1.54) is 6.07 Å². The molecule has 0 atom stereocenters. The van der Waals surface area contributed by atoms with Crippen molar-refractivity contribution in [2.24, 2.45) is 0 Å². The van der Waals surface area contributed by atoms with E-state index in [1.807, 2.05) is 12.1 Å². The molecule has 1 heterocycles. The molecule has 1 aromatic carbocycles. The molecule has 19 heavy (non-hydrogen) atoms. The van der Waals surface area contributed by atoms with E-state index >= 15 is 0 Å². The molecule has 4 heteroatoms. The molecule has 1 aromatic heterocycles. The van der Waals surface area contributed by atoms with Gasteiger partial charge in [0.15, 0.2) is 0 Å². The zero-order valence-corrected chi connectivity index (χ0v) is 11.7. The van der Waals surface area contributed by atoms with Gasteiger partial charge in [0, 0.05) is 29.6 Å². The highest BCUT2D eigenvalue weighted by Gasteiger charge is 2.11. The van der Waals surface area contributed by atoms with Crippen molar-refractivity contribution >= 4 is 11.0 Å². The predicted octanol–water partition coefficient (Wildman–Crippen LogP) is 2.69. The topological polar surface area (TPSA) is 51.5 Å². The number of ether oxygens (including phenoxy) is 1. The third-order valence-electron chi connectivity index (χ3n) is 2.85. The SMILES string of the molecule is COc1ccc2c(CNC(C)(C)C)cc(=O)oc2c1. The van der Waals surface area contributed by atoms with Crippen molar-refractivity contribution in [1.29, 1.82) is 0 Å². The normalized spacial score (nSPS) is 11.8. The number of rotatable bonds is 3. The molecule has 2 aromatic rings. The minimum absolute atomic E-state index is 0.00513. The molecule has 0 fully saturated rings. The summed E-state index contributed by atoms with van der Waals surface area (Å²) in [4.78, 5) is 11.6. The van der Waals surface area contributed by atoms with Crippen LogP contribution < -0.4 is 15.7 Å². The smallest absolute Gasteiger partial charge is 0.336 e. The van der Waals surface area contributed by atoms with Gasteiger partial charge < -0.3 is 14.5 Å². The monoisotopic (exact) mass is 261 g/mol. The van der Waals surface area contributed by atoms with Gasteiger partial charge in [0.05, 0.1) is 7.11 Å². The summed E-state index contributed by atoms with van der Waals surface area (Å²) in [5.74, 6) is 0.677. The zero-order valence-electron chi connectivity index (χ0n) is 11.7. The van der Waals surface area contributed by atoms with E-state index in [1.54, 1.807) is 13.2 Å². The molecule has 0 aliphatic carbocycles. The molecule has 0 aliphatic heterocycles. The van der Waals surface area contributed by atoms with Crippen molar-refractivity contribution < 1.29 is 9.15 Å². The molecule has 0 unspecified atom stereocenters. The summed E-state index contributed by atoms with van der Waals surface area (Å²) < 4.78 is 10.4. The lowest BCUT2D eigenvalue weighted by Crippen LogP contribution is -2.35. The number of fused-ring (bicyclic) bond motifs is 1. The molecule has 1 N–H and O–H groups in total. The van der Waals surface area contributed by atoms with Gasteiger partial charge in [-0.15, -0.1) is 0 Å². The second-order valence-corrected chi connectivity index (χ2v) is 5.56. The molecule has 0 bridgehead atoms. The van der Waals surface area contributed by atoms with Gasteiger partial charge in [-0.05, 0) is 38.5 Å². The van der Waals surface area contributed by atoms with Gasteiger partial charge in [0.1, 0.15) is 11.3 Å². The van der Waals surface area contributed by atoms with Crippen LogP contribution in [0.1, 0.15) is 26.3 Å². The highest BCUT2D eigenvalue weighted by molar-refractivity contribution is 5.81. The van der Waals surface area contributed by atoms with Crippen LogP contribution in [-0.2, 0) is 6.54 Å². The first-order chi connectivity index (χ1) is 8.89. The van der Waals surface area contributed by atoms with Crippen LogP contribution in [-0.4, -0.2) is 12.6 Å². The lowest BCUT2D eigenvalue weighted by atomic mass is 10.1. The molecule has 0 radical (unpaired) electrons. The Morgan fingerprint density at radius 2 is 2.00 bits per heavy atom. The zero-order chi connectivity index (χ0) is 14.0. The second-order valence-electron chi connectivity index (χ2n) is 5.56. The van der Waals surface area contributed by atoms with Crippen LogP contribution in [0.15, 0.2) is 33.5 Å². The molecule has 2 rings (SSSR count). The molecular weight excluding hydrogens is 242 g/mol. The Bertz CT molecular complexity index is 638. The molecule has 0 saturated heterocycles. The van der Waals surface area contributed by atoms with Gasteiger partial charge >= 0.3 is 5.63 Å². The Kier molecular flexibility index (Phi) is 3.62. The Labute approximate surface area is 112 Å². The van der Waals surface area contributed by atoms with Crippen molar-refractivity contribution in [3.05, 3.63) is 40.2 Å². The van der Waals surface area contributed by atoms with E-state index in [2.05, 4.69) is 26.1 Å². The maximum Gasteiger partial charge on any atom is 0.336 e. The van der Waals surface area contributed by atoms with E-state index in [-0.39, 0.29) is 11.2 Å². The summed E-state index contributed by atoms with van der Waals surface area (Å²) in [6.45, 7) is 6.88. The molecular formula is C15H19NO3. The van der Waals surface area contributed by atoms with Crippen LogP contribution in [0.3, 0.4) is 0 Å². The second kappa shape index (κ2) is 5.05. The minimum atomic E-state index is -0.341. The van der Waals surface area contributed by atoms with Gasteiger partial charge in [-0.3, -0.25) is 0 Å². The van der Waals surface area contributed by atoms with Crippen LogP contribution in [0, 0.1) is 0 Å². The molecule has 4 nitrogen and oxygen atoms in total. The average Bonchev–Trinajstić information content (AvgIpc) is 2.34. The summed E-state index contributed by atoms with van der Waals surface area (Å²) in [5, 5.41) is 4.30. The Hall–Kier alpha value is -1.81. The van der Waals surface area contributed by atoms with Crippen molar-refractivity contribution in [3.8, 4) is 5.75 Å². The minimum Gasteiger partial charge on any atom is -0.497 e. The first-order valence-electron chi connectivity index (χ1n) is 6.25. The van der Waals surface area contributed by atoms with E-state index in [9.17, 15) is 4.79 Å². The Morgan fingerprint density at radius 1 is 1.26 bits per heavy atom. The number of nitrogens with one attached hydrogen (secondary N) is 1. The highest BCUT2D eigenvalue weighted by Crippen LogP contribution is 2.22. The van der Waals surface area contributed by atoms with Crippen LogP contribution in [0.25, 0.3) is 11.0 Å². The summed E-state index contributed by atoms with van der Waals surface area (Å²) in [7, 11) is 1.59. The van der Waals surface area contributed by atoms with Crippen molar-refractivity contribution in [1.82, 2.24) is 5.32 Å². The summed E-state index contributed by atoms with van der Waals surface area (Å²) in [5.41, 5.74) is 1.14. The lowest BCUT2D eigenvalue weighted by Gasteiger charge is -2.20. The van der Waals surface area contributed by atoms with E-state index in [0.717, 1.165) is 10.9 Å². The standard InChI is InChI=1S/C15H19NO3/c1-15(2,3)16-9-10-7-14(17)19-13-8-11(18-4)5-6-12(10)13/h5-8,16H,9H2,1-4H3. The largest absolute Gasteiger partial charge is 0.497 e. The van der Waals surface area contributed by atoms with Gasteiger partial charge in [0.2, 0.25) is 0 Å². The number of benzene rings is 1. The lowest BCUT2D eigenvalue weighted by molar-refractivity contribution is 0.413. The highest BCUT2D eigenvalue weighted by atomic mass is 16.5.